The highest BCUT2D eigenvalue weighted by atomic mass is 32.2. The molecule has 0 aromatic heterocycles. The molecule has 0 radical (unpaired) electrons. The second kappa shape index (κ2) is 8.58. The Balaban J connectivity index is 2.20. The van der Waals surface area contributed by atoms with Crippen molar-refractivity contribution >= 4 is 29.3 Å². The van der Waals surface area contributed by atoms with E-state index in [1.165, 1.54) is 0 Å². The summed E-state index contributed by atoms with van der Waals surface area (Å²) in [5.41, 5.74) is 0.797. The first-order valence-corrected chi connectivity index (χ1v) is 7.34. The van der Waals surface area contributed by atoms with Crippen LogP contribution in [0.25, 0.3) is 0 Å². The van der Waals surface area contributed by atoms with E-state index in [-0.39, 0.29) is 17.6 Å². The number of rotatable bonds is 8. The Morgan fingerprint density at radius 2 is 1.95 bits per heavy atom. The van der Waals surface area contributed by atoms with Crippen molar-refractivity contribution < 1.29 is 14.7 Å². The molecule has 5 heteroatoms. The molecular weight excluding hydrogens is 262 g/mol. The van der Waals surface area contributed by atoms with Crippen molar-refractivity contribution in [2.24, 2.45) is 0 Å². The number of hydrogen-bond donors (Lipinski definition) is 2. The Bertz CT molecular complexity index is 408. The molecule has 0 fully saturated rings. The van der Waals surface area contributed by atoms with Crippen LogP contribution in [0.2, 0.25) is 0 Å². The zero-order valence-corrected chi connectivity index (χ0v) is 11.8. The third-order valence-corrected chi connectivity index (χ3v) is 3.80. The Labute approximate surface area is 117 Å². The van der Waals surface area contributed by atoms with Gasteiger partial charge in [-0.05, 0) is 37.7 Å². The number of carboxylic acids is 1. The molecule has 1 amide bonds. The quantitative estimate of drug-likeness (QED) is 0.719. The number of carboxylic acid groups (broad SMARTS) is 1. The molecule has 1 aromatic rings. The summed E-state index contributed by atoms with van der Waals surface area (Å²) < 4.78 is 0. The number of benzene rings is 1. The summed E-state index contributed by atoms with van der Waals surface area (Å²) in [5.74, 6) is 0.0192. The normalized spacial score (nSPS) is 11.8. The van der Waals surface area contributed by atoms with Gasteiger partial charge in [0.05, 0.1) is 5.25 Å². The lowest BCUT2D eigenvalue weighted by Gasteiger charge is -2.11. The molecule has 0 spiro atoms. The van der Waals surface area contributed by atoms with Gasteiger partial charge in [-0.15, -0.1) is 11.8 Å². The van der Waals surface area contributed by atoms with Crippen LogP contribution in [0.4, 0.5) is 5.69 Å². The topological polar surface area (TPSA) is 66.4 Å². The average Bonchev–Trinajstić information content (AvgIpc) is 2.38. The fourth-order valence-electron chi connectivity index (χ4n) is 1.48. The molecule has 1 aromatic carbocycles. The predicted octanol–water partition coefficient (Wildman–Crippen LogP) is 3.00. The number of thioether (sulfide) groups is 1. The Kier molecular flexibility index (Phi) is 7.03. The van der Waals surface area contributed by atoms with Crippen molar-refractivity contribution in [3.8, 4) is 0 Å². The Hall–Kier alpha value is -1.49. The molecule has 4 nitrogen and oxygen atoms in total. The van der Waals surface area contributed by atoms with Crippen LogP contribution in [0.1, 0.15) is 26.2 Å². The lowest BCUT2D eigenvalue weighted by molar-refractivity contribution is -0.137. The van der Waals surface area contributed by atoms with Crippen LogP contribution in [0, 0.1) is 0 Å². The molecule has 104 valence electrons. The lowest BCUT2D eigenvalue weighted by Crippen LogP contribution is -2.22. The van der Waals surface area contributed by atoms with E-state index < -0.39 is 5.97 Å². The van der Waals surface area contributed by atoms with E-state index in [1.807, 2.05) is 37.3 Å². The number of hydrogen-bond acceptors (Lipinski definition) is 3. The number of nitrogens with one attached hydrogen (secondary N) is 1. The molecule has 19 heavy (non-hydrogen) atoms. The van der Waals surface area contributed by atoms with Crippen LogP contribution in [0.5, 0.6) is 0 Å². The van der Waals surface area contributed by atoms with Crippen LogP contribution >= 0.6 is 11.8 Å². The molecule has 0 saturated carbocycles. The first kappa shape index (κ1) is 15.6. The maximum Gasteiger partial charge on any atom is 0.303 e. The lowest BCUT2D eigenvalue weighted by atomic mass is 10.2. The summed E-state index contributed by atoms with van der Waals surface area (Å²) in [6, 6.07) is 9.35. The summed E-state index contributed by atoms with van der Waals surface area (Å²) in [4.78, 5) is 22.2. The summed E-state index contributed by atoms with van der Waals surface area (Å²) in [5, 5.41) is 11.2. The van der Waals surface area contributed by atoms with Crippen molar-refractivity contribution in [3.05, 3.63) is 30.3 Å². The van der Waals surface area contributed by atoms with E-state index in [4.69, 9.17) is 5.11 Å². The molecular formula is C14H19NO3S. The molecule has 1 rings (SSSR count). The summed E-state index contributed by atoms with van der Waals surface area (Å²) in [6.07, 6.45) is 1.68. The highest BCUT2D eigenvalue weighted by molar-refractivity contribution is 8.00. The number of aliphatic carboxylic acids is 1. The van der Waals surface area contributed by atoms with Crippen LogP contribution in [-0.2, 0) is 9.59 Å². The maximum absolute atomic E-state index is 11.9. The van der Waals surface area contributed by atoms with Crippen molar-refractivity contribution in [1.82, 2.24) is 0 Å². The van der Waals surface area contributed by atoms with Gasteiger partial charge in [0.15, 0.2) is 0 Å². The van der Waals surface area contributed by atoms with Gasteiger partial charge in [0, 0.05) is 12.1 Å². The molecule has 0 aliphatic heterocycles. The number of carbonyl (C=O) groups excluding carboxylic acids is 1. The van der Waals surface area contributed by atoms with Gasteiger partial charge in [-0.2, -0.15) is 0 Å². The number of carbonyl (C=O) groups is 2. The molecule has 0 bridgehead atoms. The Morgan fingerprint density at radius 3 is 2.58 bits per heavy atom. The van der Waals surface area contributed by atoms with Crippen LogP contribution in [-0.4, -0.2) is 28.0 Å². The van der Waals surface area contributed by atoms with Crippen molar-refractivity contribution in [3.63, 3.8) is 0 Å². The van der Waals surface area contributed by atoms with Gasteiger partial charge in [-0.1, -0.05) is 18.2 Å². The highest BCUT2D eigenvalue weighted by Crippen LogP contribution is 2.16. The standard InChI is InChI=1S/C14H19NO3S/c1-11(19-10-6-5-9-13(16)17)14(18)15-12-7-3-2-4-8-12/h2-4,7-8,11H,5-6,9-10H2,1H3,(H,15,18)(H,16,17). The summed E-state index contributed by atoms with van der Waals surface area (Å²) in [7, 11) is 0. The second-order valence-corrected chi connectivity index (χ2v) is 5.67. The van der Waals surface area contributed by atoms with Crippen LogP contribution in [0.15, 0.2) is 30.3 Å². The first-order valence-electron chi connectivity index (χ1n) is 6.29. The SMILES string of the molecule is CC(SCCCCC(=O)O)C(=O)Nc1ccccc1. The molecule has 1 unspecified atom stereocenters. The zero-order valence-electron chi connectivity index (χ0n) is 11.0. The van der Waals surface area contributed by atoms with E-state index in [1.54, 1.807) is 11.8 Å². The molecule has 0 aliphatic rings. The first-order chi connectivity index (χ1) is 9.09. The maximum atomic E-state index is 11.9. The highest BCUT2D eigenvalue weighted by Gasteiger charge is 2.12. The monoisotopic (exact) mass is 281 g/mol. The van der Waals surface area contributed by atoms with Gasteiger partial charge in [0.25, 0.3) is 0 Å². The molecule has 1 atom stereocenters. The third-order valence-electron chi connectivity index (χ3n) is 2.56. The largest absolute Gasteiger partial charge is 0.481 e. The van der Waals surface area contributed by atoms with Gasteiger partial charge in [0.1, 0.15) is 0 Å². The molecule has 0 saturated heterocycles. The van der Waals surface area contributed by atoms with E-state index in [9.17, 15) is 9.59 Å². The van der Waals surface area contributed by atoms with Crippen molar-refractivity contribution in [2.75, 3.05) is 11.1 Å². The number of anilines is 1. The zero-order chi connectivity index (χ0) is 14.1. The van der Waals surface area contributed by atoms with Gasteiger partial charge in [-0.25, -0.2) is 0 Å². The molecule has 2 N–H and O–H groups in total. The summed E-state index contributed by atoms with van der Waals surface area (Å²) >= 11 is 1.55. The average molecular weight is 281 g/mol. The van der Waals surface area contributed by atoms with Gasteiger partial charge >= 0.3 is 5.97 Å². The van der Waals surface area contributed by atoms with E-state index in [2.05, 4.69) is 5.32 Å². The minimum atomic E-state index is -0.764. The number of amides is 1. The Morgan fingerprint density at radius 1 is 1.26 bits per heavy atom. The van der Waals surface area contributed by atoms with Crippen LogP contribution < -0.4 is 5.32 Å². The third kappa shape index (κ3) is 6.86. The van der Waals surface area contributed by atoms with E-state index >= 15 is 0 Å². The fraction of sp³-hybridized carbons (Fsp3) is 0.429. The molecule has 0 heterocycles. The minimum Gasteiger partial charge on any atom is -0.481 e. The van der Waals surface area contributed by atoms with Crippen molar-refractivity contribution in [1.29, 1.82) is 0 Å². The molecule has 0 aliphatic carbocycles. The van der Waals surface area contributed by atoms with Gasteiger partial charge < -0.3 is 10.4 Å². The van der Waals surface area contributed by atoms with Crippen LogP contribution in [0.3, 0.4) is 0 Å². The van der Waals surface area contributed by atoms with Crippen molar-refractivity contribution in [2.45, 2.75) is 31.4 Å². The van der Waals surface area contributed by atoms with E-state index in [0.717, 1.165) is 17.9 Å². The number of unbranched alkanes of at least 4 members (excludes halogenated alkanes) is 1. The predicted molar refractivity (Wildman–Crippen MR) is 78.5 cm³/mol. The van der Waals surface area contributed by atoms with Gasteiger partial charge in [0.2, 0.25) is 5.91 Å². The van der Waals surface area contributed by atoms with Gasteiger partial charge in [-0.3, -0.25) is 9.59 Å². The van der Waals surface area contributed by atoms with E-state index in [0.29, 0.717) is 6.42 Å². The summed E-state index contributed by atoms with van der Waals surface area (Å²) in [6.45, 7) is 1.86. The smallest absolute Gasteiger partial charge is 0.303 e. The second-order valence-electron chi connectivity index (χ2n) is 4.22. The number of para-hydroxylation sites is 1. The minimum absolute atomic E-state index is 0.0190. The fourth-order valence-corrected chi connectivity index (χ4v) is 2.41.